The lowest BCUT2D eigenvalue weighted by molar-refractivity contribution is -0.600. The molecule has 70 valence electrons. The zero-order chi connectivity index (χ0) is 9.97. The molecule has 0 saturated heterocycles. The summed E-state index contributed by atoms with van der Waals surface area (Å²) >= 11 is 0. The maximum Gasteiger partial charge on any atom is 0.112 e. The average Bonchev–Trinajstić information content (AvgIpc) is 2.20. The van der Waals surface area contributed by atoms with Crippen LogP contribution in [0.25, 0.3) is 11.3 Å². The maximum absolute atomic E-state index is 3.94. The van der Waals surface area contributed by atoms with Gasteiger partial charge in [0, 0.05) is 7.05 Å². The van der Waals surface area contributed by atoms with Crippen molar-refractivity contribution in [3.8, 4) is 11.3 Å². The van der Waals surface area contributed by atoms with Gasteiger partial charge in [-0.25, -0.2) is 0 Å². The number of benzene rings is 1. The van der Waals surface area contributed by atoms with Crippen molar-refractivity contribution in [2.45, 2.75) is 6.92 Å². The first-order valence-corrected chi connectivity index (χ1v) is 4.66. The lowest BCUT2D eigenvalue weighted by Gasteiger charge is -2.06. The molecule has 0 radical (unpaired) electrons. The minimum absolute atomic E-state index is 1.13. The Morgan fingerprint density at radius 2 is 1.71 bits per heavy atom. The van der Waals surface area contributed by atoms with E-state index in [1.807, 2.05) is 22.9 Å². The smallest absolute Gasteiger partial charge is 0.112 e. The van der Waals surface area contributed by atoms with Crippen molar-refractivity contribution in [1.82, 2.24) is 0 Å². The molecule has 0 amide bonds. The van der Waals surface area contributed by atoms with E-state index in [4.69, 9.17) is 0 Å². The minimum Gasteiger partial charge on any atom is -0.333 e. The average molecular weight is 183 g/mol. The van der Waals surface area contributed by atoms with E-state index in [1.165, 1.54) is 11.1 Å². The zero-order valence-electron chi connectivity index (χ0n) is 8.27. The normalized spacial score (nSPS) is 10.1. The van der Waals surface area contributed by atoms with Crippen LogP contribution in [0.3, 0.4) is 0 Å². The SMILES string of the molecule is [CH2-][n+]1ccccc1-c1ccc(C)cc1. The quantitative estimate of drug-likeness (QED) is 0.472. The molecular formula is C13H13N. The Balaban J connectivity index is 2.50. The lowest BCUT2D eigenvalue weighted by atomic mass is 10.1. The van der Waals surface area contributed by atoms with Crippen molar-refractivity contribution in [2.24, 2.45) is 0 Å². The molecule has 2 rings (SSSR count). The highest BCUT2D eigenvalue weighted by atomic mass is 14.9. The second-order valence-corrected chi connectivity index (χ2v) is 3.42. The van der Waals surface area contributed by atoms with Crippen LogP contribution in [0, 0.1) is 14.0 Å². The summed E-state index contributed by atoms with van der Waals surface area (Å²) in [7, 11) is 3.94. The van der Waals surface area contributed by atoms with Gasteiger partial charge in [0.2, 0.25) is 0 Å². The van der Waals surface area contributed by atoms with Crippen LogP contribution in [0.5, 0.6) is 0 Å². The van der Waals surface area contributed by atoms with Gasteiger partial charge in [-0.2, -0.15) is 0 Å². The Bertz CT molecular complexity index is 429. The van der Waals surface area contributed by atoms with Crippen molar-refractivity contribution in [1.29, 1.82) is 0 Å². The van der Waals surface area contributed by atoms with E-state index in [-0.39, 0.29) is 0 Å². The fourth-order valence-electron chi connectivity index (χ4n) is 1.46. The number of aromatic nitrogens is 1. The van der Waals surface area contributed by atoms with Crippen molar-refractivity contribution in [2.75, 3.05) is 0 Å². The van der Waals surface area contributed by atoms with Crippen LogP contribution >= 0.6 is 0 Å². The van der Waals surface area contributed by atoms with Gasteiger partial charge in [-0.05, 0) is 18.6 Å². The van der Waals surface area contributed by atoms with Crippen LogP contribution in [-0.2, 0) is 0 Å². The predicted octanol–water partition coefficient (Wildman–Crippen LogP) is 2.59. The largest absolute Gasteiger partial charge is 0.333 e. The van der Waals surface area contributed by atoms with E-state index < -0.39 is 0 Å². The van der Waals surface area contributed by atoms with Crippen molar-refractivity contribution >= 4 is 0 Å². The van der Waals surface area contributed by atoms with Crippen LogP contribution in [0.4, 0.5) is 0 Å². The minimum atomic E-state index is 1.13. The first-order chi connectivity index (χ1) is 6.77. The summed E-state index contributed by atoms with van der Waals surface area (Å²) in [6.45, 7) is 2.09. The molecular weight excluding hydrogens is 170 g/mol. The Morgan fingerprint density at radius 3 is 2.36 bits per heavy atom. The molecule has 0 saturated carbocycles. The number of hydrogen-bond acceptors (Lipinski definition) is 0. The van der Waals surface area contributed by atoms with E-state index in [0.29, 0.717) is 0 Å². The van der Waals surface area contributed by atoms with Crippen LogP contribution in [-0.4, -0.2) is 0 Å². The van der Waals surface area contributed by atoms with Crippen LogP contribution in [0.2, 0.25) is 0 Å². The van der Waals surface area contributed by atoms with E-state index in [1.54, 1.807) is 0 Å². The zero-order valence-corrected chi connectivity index (χ0v) is 8.27. The number of rotatable bonds is 1. The highest BCUT2D eigenvalue weighted by Gasteiger charge is 1.99. The standard InChI is InChI=1S/C13H13N/c1-11-6-8-12(9-7-11)13-5-3-4-10-14(13)2/h3-10H,2H2,1H3. The van der Waals surface area contributed by atoms with Gasteiger partial charge in [0.1, 0.15) is 5.69 Å². The van der Waals surface area contributed by atoms with E-state index in [2.05, 4.69) is 44.3 Å². The molecule has 1 nitrogen and oxygen atoms in total. The second-order valence-electron chi connectivity index (χ2n) is 3.42. The topological polar surface area (TPSA) is 3.88 Å². The van der Waals surface area contributed by atoms with Crippen LogP contribution < -0.4 is 4.57 Å². The van der Waals surface area contributed by atoms with Gasteiger partial charge in [-0.15, -0.1) is 0 Å². The first-order valence-electron chi connectivity index (χ1n) is 4.66. The van der Waals surface area contributed by atoms with Gasteiger partial charge in [0.15, 0.2) is 0 Å². The molecule has 0 unspecified atom stereocenters. The van der Waals surface area contributed by atoms with Crippen LogP contribution in [0.1, 0.15) is 5.56 Å². The Kier molecular flexibility index (Phi) is 2.23. The molecule has 0 bridgehead atoms. The van der Waals surface area contributed by atoms with Crippen molar-refractivity contribution < 1.29 is 4.57 Å². The highest BCUT2D eigenvalue weighted by Crippen LogP contribution is 2.14. The first kappa shape index (κ1) is 8.82. The molecule has 1 aromatic heterocycles. The summed E-state index contributed by atoms with van der Waals surface area (Å²) in [5, 5.41) is 0. The van der Waals surface area contributed by atoms with Crippen molar-refractivity contribution in [3.63, 3.8) is 0 Å². The number of aryl methyl sites for hydroxylation is 1. The number of pyridine rings is 1. The summed E-state index contributed by atoms with van der Waals surface area (Å²) in [5.74, 6) is 0. The third-order valence-corrected chi connectivity index (χ3v) is 2.29. The van der Waals surface area contributed by atoms with Gasteiger partial charge < -0.3 is 4.57 Å². The maximum atomic E-state index is 3.94. The molecule has 0 aliphatic heterocycles. The van der Waals surface area contributed by atoms with Crippen LogP contribution in [0.15, 0.2) is 48.7 Å². The third kappa shape index (κ3) is 1.62. The summed E-state index contributed by atoms with van der Waals surface area (Å²) in [6.07, 6.45) is 1.95. The van der Waals surface area contributed by atoms with Gasteiger partial charge >= 0.3 is 0 Å². The van der Waals surface area contributed by atoms with Gasteiger partial charge in [0.05, 0.1) is 6.20 Å². The highest BCUT2D eigenvalue weighted by molar-refractivity contribution is 5.56. The molecule has 0 atom stereocenters. The predicted molar refractivity (Wildman–Crippen MR) is 57.6 cm³/mol. The number of hydrogen-bond donors (Lipinski definition) is 0. The summed E-state index contributed by atoms with van der Waals surface area (Å²) in [4.78, 5) is 0. The van der Waals surface area contributed by atoms with Gasteiger partial charge in [-0.1, -0.05) is 42.0 Å². The fourth-order valence-corrected chi connectivity index (χ4v) is 1.46. The molecule has 1 aromatic carbocycles. The van der Waals surface area contributed by atoms with E-state index >= 15 is 0 Å². The Morgan fingerprint density at radius 1 is 1.00 bits per heavy atom. The number of nitrogens with zero attached hydrogens (tertiary/aromatic N) is 1. The van der Waals surface area contributed by atoms with Gasteiger partial charge in [-0.3, -0.25) is 0 Å². The summed E-state index contributed by atoms with van der Waals surface area (Å²) in [5.41, 5.74) is 3.61. The molecule has 0 aliphatic carbocycles. The molecule has 2 aromatic rings. The lowest BCUT2D eigenvalue weighted by Crippen LogP contribution is -2.27. The molecule has 14 heavy (non-hydrogen) atoms. The Labute approximate surface area is 84.6 Å². The fraction of sp³-hybridized carbons (Fsp3) is 0.0769. The van der Waals surface area contributed by atoms with E-state index in [0.717, 1.165) is 5.69 Å². The molecule has 1 heterocycles. The van der Waals surface area contributed by atoms with Gasteiger partial charge in [0.25, 0.3) is 0 Å². The van der Waals surface area contributed by atoms with E-state index in [9.17, 15) is 0 Å². The molecule has 0 N–H and O–H groups in total. The molecule has 0 aliphatic rings. The Hall–Kier alpha value is -1.76. The molecule has 0 spiro atoms. The monoisotopic (exact) mass is 183 g/mol. The van der Waals surface area contributed by atoms with Crippen molar-refractivity contribution in [3.05, 3.63) is 61.3 Å². The molecule has 1 heteroatoms. The second kappa shape index (κ2) is 3.54. The summed E-state index contributed by atoms with van der Waals surface area (Å²) in [6, 6.07) is 14.5. The third-order valence-electron chi connectivity index (χ3n) is 2.29. The molecule has 0 fully saturated rings. The summed E-state index contributed by atoms with van der Waals surface area (Å²) < 4.78 is 1.88.